The van der Waals surface area contributed by atoms with Crippen molar-refractivity contribution in [2.75, 3.05) is 33.7 Å². The number of carbonyl (C=O) groups excluding carboxylic acids is 1. The molecule has 3 rings (SSSR count). The van der Waals surface area contributed by atoms with Crippen LogP contribution in [0, 0.1) is 0 Å². The average molecular weight is 327 g/mol. The van der Waals surface area contributed by atoms with E-state index in [1.807, 2.05) is 29.4 Å². The van der Waals surface area contributed by atoms with Crippen molar-refractivity contribution in [3.63, 3.8) is 0 Å². The van der Waals surface area contributed by atoms with Gasteiger partial charge in [-0.25, -0.2) is 4.98 Å². The number of pyridine rings is 1. The van der Waals surface area contributed by atoms with E-state index in [2.05, 4.69) is 33.5 Å². The maximum absolute atomic E-state index is 12.6. The molecule has 1 atom stereocenters. The number of nitrogens with zero attached hydrogens (tertiary/aromatic N) is 5. The van der Waals surface area contributed by atoms with E-state index < -0.39 is 0 Å². The molecule has 2 aromatic rings. The zero-order valence-corrected chi connectivity index (χ0v) is 14.4. The van der Waals surface area contributed by atoms with Gasteiger partial charge in [0, 0.05) is 50.7 Å². The van der Waals surface area contributed by atoms with E-state index in [0.29, 0.717) is 18.2 Å². The van der Waals surface area contributed by atoms with Crippen LogP contribution in [0.3, 0.4) is 0 Å². The fourth-order valence-corrected chi connectivity index (χ4v) is 3.20. The third-order valence-electron chi connectivity index (χ3n) is 4.49. The standard InChI is InChI=1S/C18H25N5O/c1-21(2)12-13-22-11-9-20-17(22)15-6-5-10-23(14-15)18(24)16-7-3-4-8-19-16/h3-4,7-9,11,15H,5-6,10,12-14H2,1-2H3/t15-/m0/s1. The van der Waals surface area contributed by atoms with Gasteiger partial charge in [0.2, 0.25) is 0 Å². The molecular formula is C18H25N5O. The number of imidazole rings is 1. The molecular weight excluding hydrogens is 302 g/mol. The highest BCUT2D eigenvalue weighted by molar-refractivity contribution is 5.92. The molecule has 0 spiro atoms. The first kappa shape index (κ1) is 16.6. The monoisotopic (exact) mass is 327 g/mol. The van der Waals surface area contributed by atoms with Gasteiger partial charge in [0.15, 0.2) is 0 Å². The fraction of sp³-hybridized carbons (Fsp3) is 0.500. The summed E-state index contributed by atoms with van der Waals surface area (Å²) in [6.45, 7) is 3.42. The molecule has 0 aromatic carbocycles. The highest BCUT2D eigenvalue weighted by Crippen LogP contribution is 2.26. The minimum Gasteiger partial charge on any atom is -0.337 e. The first-order valence-corrected chi connectivity index (χ1v) is 8.51. The summed E-state index contributed by atoms with van der Waals surface area (Å²) in [5.41, 5.74) is 0.522. The van der Waals surface area contributed by atoms with Crippen LogP contribution in [0.25, 0.3) is 0 Å². The molecule has 0 unspecified atom stereocenters. The maximum atomic E-state index is 12.6. The quantitative estimate of drug-likeness (QED) is 0.841. The van der Waals surface area contributed by atoms with Crippen molar-refractivity contribution in [3.8, 4) is 0 Å². The van der Waals surface area contributed by atoms with Crippen LogP contribution in [0.2, 0.25) is 0 Å². The van der Waals surface area contributed by atoms with Gasteiger partial charge in [-0.1, -0.05) is 6.07 Å². The predicted octanol–water partition coefficient (Wildman–Crippen LogP) is 1.86. The molecule has 0 bridgehead atoms. The largest absolute Gasteiger partial charge is 0.337 e. The summed E-state index contributed by atoms with van der Waals surface area (Å²) in [7, 11) is 4.15. The van der Waals surface area contributed by atoms with Gasteiger partial charge in [-0.3, -0.25) is 9.78 Å². The minimum atomic E-state index is 0.0201. The van der Waals surface area contributed by atoms with Crippen LogP contribution in [-0.4, -0.2) is 64.0 Å². The number of likely N-dealkylation sites (tertiary alicyclic amines) is 1. The van der Waals surface area contributed by atoms with E-state index >= 15 is 0 Å². The first-order chi connectivity index (χ1) is 11.6. The van der Waals surface area contributed by atoms with Gasteiger partial charge >= 0.3 is 0 Å². The van der Waals surface area contributed by atoms with Gasteiger partial charge in [-0.2, -0.15) is 0 Å². The molecule has 128 valence electrons. The maximum Gasteiger partial charge on any atom is 0.272 e. The first-order valence-electron chi connectivity index (χ1n) is 8.51. The smallest absolute Gasteiger partial charge is 0.272 e. The van der Waals surface area contributed by atoms with E-state index in [-0.39, 0.29) is 5.91 Å². The highest BCUT2D eigenvalue weighted by atomic mass is 16.2. The van der Waals surface area contributed by atoms with Gasteiger partial charge in [-0.05, 0) is 39.1 Å². The lowest BCUT2D eigenvalue weighted by Crippen LogP contribution is -2.40. The number of hydrogen-bond acceptors (Lipinski definition) is 4. The van der Waals surface area contributed by atoms with Crippen molar-refractivity contribution < 1.29 is 4.79 Å². The van der Waals surface area contributed by atoms with Crippen molar-refractivity contribution in [1.82, 2.24) is 24.3 Å². The Morgan fingerprint density at radius 3 is 2.92 bits per heavy atom. The zero-order valence-electron chi connectivity index (χ0n) is 14.4. The summed E-state index contributed by atoms with van der Waals surface area (Å²) >= 11 is 0. The van der Waals surface area contributed by atoms with Crippen LogP contribution in [-0.2, 0) is 6.54 Å². The molecule has 0 N–H and O–H groups in total. The molecule has 0 saturated carbocycles. The molecule has 1 amide bonds. The summed E-state index contributed by atoms with van der Waals surface area (Å²) in [5.74, 6) is 1.41. The topological polar surface area (TPSA) is 54.3 Å². The summed E-state index contributed by atoms with van der Waals surface area (Å²) in [5, 5.41) is 0. The lowest BCUT2D eigenvalue weighted by molar-refractivity contribution is 0.0697. The van der Waals surface area contributed by atoms with Crippen molar-refractivity contribution >= 4 is 5.91 Å². The van der Waals surface area contributed by atoms with Crippen LogP contribution in [0.4, 0.5) is 0 Å². The van der Waals surface area contributed by atoms with E-state index in [1.165, 1.54) is 0 Å². The Balaban J connectivity index is 1.70. The Morgan fingerprint density at radius 1 is 1.29 bits per heavy atom. The molecule has 0 radical (unpaired) electrons. The molecule has 2 aromatic heterocycles. The van der Waals surface area contributed by atoms with E-state index in [0.717, 1.165) is 38.3 Å². The molecule has 6 nitrogen and oxygen atoms in total. The number of aromatic nitrogens is 3. The summed E-state index contributed by atoms with van der Waals surface area (Å²) in [6, 6.07) is 5.47. The van der Waals surface area contributed by atoms with Crippen molar-refractivity contribution in [2.45, 2.75) is 25.3 Å². The number of hydrogen-bond donors (Lipinski definition) is 0. The Bertz CT molecular complexity index is 667. The number of piperidine rings is 1. The summed E-state index contributed by atoms with van der Waals surface area (Å²) in [6.07, 6.45) is 7.65. The van der Waals surface area contributed by atoms with Crippen molar-refractivity contribution in [2.24, 2.45) is 0 Å². The van der Waals surface area contributed by atoms with E-state index in [4.69, 9.17) is 0 Å². The SMILES string of the molecule is CN(C)CCn1ccnc1[C@H]1CCCN(C(=O)c2ccccn2)C1. The fourth-order valence-electron chi connectivity index (χ4n) is 3.20. The van der Waals surface area contributed by atoms with E-state index in [1.54, 1.807) is 12.3 Å². The number of likely N-dealkylation sites (N-methyl/N-ethyl adjacent to an activating group) is 1. The lowest BCUT2D eigenvalue weighted by Gasteiger charge is -2.32. The van der Waals surface area contributed by atoms with Crippen molar-refractivity contribution in [3.05, 3.63) is 48.3 Å². The number of rotatable bonds is 5. The average Bonchev–Trinajstić information content (AvgIpc) is 3.09. The third kappa shape index (κ3) is 3.82. The van der Waals surface area contributed by atoms with Crippen LogP contribution in [0.15, 0.2) is 36.8 Å². The third-order valence-corrected chi connectivity index (χ3v) is 4.49. The molecule has 6 heteroatoms. The lowest BCUT2D eigenvalue weighted by atomic mass is 9.96. The van der Waals surface area contributed by atoms with Gasteiger partial charge in [0.25, 0.3) is 5.91 Å². The molecule has 1 aliphatic heterocycles. The van der Waals surface area contributed by atoms with Gasteiger partial charge < -0.3 is 14.4 Å². The predicted molar refractivity (Wildman–Crippen MR) is 92.9 cm³/mol. The van der Waals surface area contributed by atoms with Gasteiger partial charge in [-0.15, -0.1) is 0 Å². The normalized spacial score (nSPS) is 18.1. The highest BCUT2D eigenvalue weighted by Gasteiger charge is 2.28. The molecule has 3 heterocycles. The van der Waals surface area contributed by atoms with E-state index in [9.17, 15) is 4.79 Å². The molecule has 1 fully saturated rings. The van der Waals surface area contributed by atoms with Crippen LogP contribution in [0.5, 0.6) is 0 Å². The number of amides is 1. The minimum absolute atomic E-state index is 0.0201. The number of carbonyl (C=O) groups is 1. The second-order valence-electron chi connectivity index (χ2n) is 6.59. The van der Waals surface area contributed by atoms with Crippen molar-refractivity contribution in [1.29, 1.82) is 0 Å². The zero-order chi connectivity index (χ0) is 16.9. The Kier molecular flexibility index (Phi) is 5.25. The van der Waals surface area contributed by atoms with Crippen LogP contribution >= 0.6 is 0 Å². The van der Waals surface area contributed by atoms with Crippen LogP contribution < -0.4 is 0 Å². The summed E-state index contributed by atoms with van der Waals surface area (Å²) in [4.78, 5) is 25.5. The van der Waals surface area contributed by atoms with Gasteiger partial charge in [0.05, 0.1) is 0 Å². The molecule has 1 aliphatic rings. The second kappa shape index (κ2) is 7.57. The van der Waals surface area contributed by atoms with Gasteiger partial charge in [0.1, 0.15) is 11.5 Å². The Hall–Kier alpha value is -2.21. The molecule has 24 heavy (non-hydrogen) atoms. The molecule has 0 aliphatic carbocycles. The van der Waals surface area contributed by atoms with Crippen LogP contribution in [0.1, 0.15) is 35.1 Å². The Labute approximate surface area is 143 Å². The molecule has 1 saturated heterocycles. The second-order valence-corrected chi connectivity index (χ2v) is 6.59. The Morgan fingerprint density at radius 2 is 2.17 bits per heavy atom. The summed E-state index contributed by atoms with van der Waals surface area (Å²) < 4.78 is 2.22.